The summed E-state index contributed by atoms with van der Waals surface area (Å²) in [6.45, 7) is 11.5. The van der Waals surface area contributed by atoms with Crippen LogP contribution in [0.25, 0.3) is 0 Å². The van der Waals surface area contributed by atoms with Crippen LogP contribution in [0.4, 0.5) is 0 Å². The standard InChI is InChI=1S/C10H21N.C7H6O3/c1-8-6-9(2,3)11-10(4,5)7-8;8-6-4-2-1-3-5(6)7(9)10/h8,11H,6-7H2,1-5H3;1-4,8H,(H,9,10). The molecule has 1 heterocycles. The van der Waals surface area contributed by atoms with Crippen LogP contribution in [0.15, 0.2) is 24.3 Å². The van der Waals surface area contributed by atoms with Crippen molar-refractivity contribution in [2.24, 2.45) is 5.92 Å². The molecule has 21 heavy (non-hydrogen) atoms. The van der Waals surface area contributed by atoms with Crippen molar-refractivity contribution < 1.29 is 15.0 Å². The number of aromatic carboxylic acids is 1. The van der Waals surface area contributed by atoms with Crippen LogP contribution >= 0.6 is 0 Å². The van der Waals surface area contributed by atoms with Crippen LogP contribution in [0.1, 0.15) is 57.8 Å². The molecule has 1 aromatic rings. The Labute approximate surface area is 127 Å². The van der Waals surface area contributed by atoms with Crippen molar-refractivity contribution in [3.8, 4) is 5.75 Å². The van der Waals surface area contributed by atoms with E-state index in [-0.39, 0.29) is 11.3 Å². The molecule has 1 aliphatic rings. The number of hydrogen-bond acceptors (Lipinski definition) is 3. The van der Waals surface area contributed by atoms with Gasteiger partial charge in [-0.25, -0.2) is 4.79 Å². The van der Waals surface area contributed by atoms with Gasteiger partial charge in [0.1, 0.15) is 11.3 Å². The zero-order valence-electron chi connectivity index (χ0n) is 13.6. The van der Waals surface area contributed by atoms with Gasteiger partial charge >= 0.3 is 5.97 Å². The fraction of sp³-hybridized carbons (Fsp3) is 0.588. The molecule has 4 heteroatoms. The molecule has 2 rings (SSSR count). The van der Waals surface area contributed by atoms with Crippen molar-refractivity contribution in [2.75, 3.05) is 0 Å². The number of carbonyl (C=O) groups is 1. The molecule has 1 saturated heterocycles. The van der Waals surface area contributed by atoms with Gasteiger partial charge in [-0.1, -0.05) is 19.1 Å². The van der Waals surface area contributed by atoms with Crippen LogP contribution in [0, 0.1) is 5.92 Å². The van der Waals surface area contributed by atoms with E-state index in [9.17, 15) is 4.79 Å². The largest absolute Gasteiger partial charge is 0.507 e. The second kappa shape index (κ2) is 6.48. The molecule has 1 fully saturated rings. The summed E-state index contributed by atoms with van der Waals surface area (Å²) in [7, 11) is 0. The maximum Gasteiger partial charge on any atom is 0.339 e. The van der Waals surface area contributed by atoms with E-state index in [2.05, 4.69) is 39.9 Å². The van der Waals surface area contributed by atoms with Gasteiger partial charge in [0.05, 0.1) is 0 Å². The topological polar surface area (TPSA) is 69.6 Å². The Morgan fingerprint density at radius 2 is 1.62 bits per heavy atom. The molecule has 1 aromatic carbocycles. The first-order valence-corrected chi connectivity index (χ1v) is 7.33. The van der Waals surface area contributed by atoms with Crippen molar-refractivity contribution in [3.05, 3.63) is 29.8 Å². The Bertz CT molecular complexity index is 479. The highest BCUT2D eigenvalue weighted by molar-refractivity contribution is 5.90. The van der Waals surface area contributed by atoms with Crippen LogP contribution in [0.3, 0.4) is 0 Å². The molecule has 0 amide bonds. The minimum Gasteiger partial charge on any atom is -0.507 e. The maximum atomic E-state index is 10.3. The SMILES string of the molecule is CC1CC(C)(C)NC(C)(C)C1.O=C(O)c1ccccc1O. The number of benzene rings is 1. The van der Waals surface area contributed by atoms with Gasteiger partial charge in [0.15, 0.2) is 0 Å². The highest BCUT2D eigenvalue weighted by atomic mass is 16.4. The van der Waals surface area contributed by atoms with Gasteiger partial charge in [0.25, 0.3) is 0 Å². The first-order chi connectivity index (χ1) is 9.52. The van der Waals surface area contributed by atoms with Gasteiger partial charge in [0, 0.05) is 11.1 Å². The highest BCUT2D eigenvalue weighted by Crippen LogP contribution is 2.31. The van der Waals surface area contributed by atoms with Crippen molar-refractivity contribution in [3.63, 3.8) is 0 Å². The number of carboxylic acids is 1. The zero-order chi connectivity index (χ0) is 16.3. The first kappa shape index (κ1) is 17.5. The Morgan fingerprint density at radius 3 is 1.95 bits per heavy atom. The zero-order valence-corrected chi connectivity index (χ0v) is 13.6. The Morgan fingerprint density at radius 1 is 1.14 bits per heavy atom. The number of para-hydroxylation sites is 1. The summed E-state index contributed by atoms with van der Waals surface area (Å²) in [5.74, 6) is -0.450. The second-order valence-electron chi connectivity index (χ2n) is 7.23. The van der Waals surface area contributed by atoms with Crippen LogP contribution < -0.4 is 5.32 Å². The molecule has 0 saturated carbocycles. The van der Waals surface area contributed by atoms with Gasteiger partial charge in [-0.3, -0.25) is 0 Å². The Kier molecular flexibility index (Phi) is 5.40. The number of carboxylic acid groups (broad SMARTS) is 1. The van der Waals surface area contributed by atoms with Gasteiger partial charge in [-0.05, 0) is 58.6 Å². The predicted octanol–water partition coefficient (Wildman–Crippen LogP) is 3.65. The Balaban J connectivity index is 0.000000211. The number of rotatable bonds is 1. The van der Waals surface area contributed by atoms with E-state index in [1.54, 1.807) is 12.1 Å². The number of piperidine rings is 1. The molecule has 3 N–H and O–H groups in total. The quantitative estimate of drug-likeness (QED) is 0.739. The van der Waals surface area contributed by atoms with Crippen LogP contribution in [-0.4, -0.2) is 27.3 Å². The van der Waals surface area contributed by atoms with Gasteiger partial charge in [0.2, 0.25) is 0 Å². The van der Waals surface area contributed by atoms with E-state index in [0.29, 0.717) is 11.1 Å². The molecule has 0 radical (unpaired) electrons. The van der Waals surface area contributed by atoms with Gasteiger partial charge in [-0.15, -0.1) is 0 Å². The summed E-state index contributed by atoms with van der Waals surface area (Å²) in [5, 5.41) is 21.0. The van der Waals surface area contributed by atoms with Gasteiger partial charge in [-0.2, -0.15) is 0 Å². The maximum absolute atomic E-state index is 10.3. The fourth-order valence-electron chi connectivity index (χ4n) is 3.49. The summed E-state index contributed by atoms with van der Waals surface area (Å²) in [5.41, 5.74) is 0.602. The summed E-state index contributed by atoms with van der Waals surface area (Å²) in [6.07, 6.45) is 2.60. The average molecular weight is 293 g/mol. The average Bonchev–Trinajstić information content (AvgIpc) is 2.24. The lowest BCUT2D eigenvalue weighted by molar-refractivity contribution is 0.0693. The number of aromatic hydroxyl groups is 1. The molecule has 0 bridgehead atoms. The van der Waals surface area contributed by atoms with E-state index in [4.69, 9.17) is 10.2 Å². The lowest BCUT2D eigenvalue weighted by Crippen LogP contribution is -2.57. The van der Waals surface area contributed by atoms with Crippen LogP contribution in [0.5, 0.6) is 5.75 Å². The van der Waals surface area contributed by atoms with E-state index in [1.165, 1.54) is 25.0 Å². The number of nitrogens with one attached hydrogen (secondary N) is 1. The minimum absolute atomic E-state index is 0.0671. The summed E-state index contributed by atoms with van der Waals surface area (Å²) >= 11 is 0. The molecule has 0 unspecified atom stereocenters. The van der Waals surface area contributed by atoms with Crippen molar-refractivity contribution in [1.82, 2.24) is 5.32 Å². The summed E-state index contributed by atoms with van der Waals surface area (Å²) in [4.78, 5) is 10.3. The molecule has 4 nitrogen and oxygen atoms in total. The van der Waals surface area contributed by atoms with E-state index < -0.39 is 5.97 Å². The van der Waals surface area contributed by atoms with Crippen LogP contribution in [0.2, 0.25) is 0 Å². The molecule has 0 aromatic heterocycles. The van der Waals surface area contributed by atoms with Crippen molar-refractivity contribution >= 4 is 5.97 Å². The van der Waals surface area contributed by atoms with Crippen LogP contribution in [-0.2, 0) is 0 Å². The first-order valence-electron chi connectivity index (χ1n) is 7.33. The smallest absolute Gasteiger partial charge is 0.339 e. The predicted molar refractivity (Wildman–Crippen MR) is 84.8 cm³/mol. The van der Waals surface area contributed by atoms with Crippen molar-refractivity contribution in [1.29, 1.82) is 0 Å². The third kappa shape index (κ3) is 5.76. The number of phenols is 1. The van der Waals surface area contributed by atoms with E-state index in [1.807, 2.05) is 0 Å². The number of hydrogen-bond donors (Lipinski definition) is 3. The third-order valence-corrected chi connectivity index (χ3v) is 3.53. The Hall–Kier alpha value is -1.55. The minimum atomic E-state index is -1.11. The van der Waals surface area contributed by atoms with Gasteiger partial charge < -0.3 is 15.5 Å². The van der Waals surface area contributed by atoms with E-state index in [0.717, 1.165) is 5.92 Å². The normalized spacial score (nSPS) is 20.2. The molecule has 0 aliphatic carbocycles. The second-order valence-corrected chi connectivity index (χ2v) is 7.23. The molecular weight excluding hydrogens is 266 g/mol. The summed E-state index contributed by atoms with van der Waals surface area (Å²) in [6, 6.07) is 5.81. The molecule has 0 atom stereocenters. The third-order valence-electron chi connectivity index (χ3n) is 3.53. The lowest BCUT2D eigenvalue weighted by Gasteiger charge is -2.45. The highest BCUT2D eigenvalue weighted by Gasteiger charge is 2.35. The fourth-order valence-corrected chi connectivity index (χ4v) is 3.49. The lowest BCUT2D eigenvalue weighted by atomic mass is 9.77. The molecule has 0 spiro atoms. The molecular formula is C17H27NO3. The monoisotopic (exact) mass is 293 g/mol. The van der Waals surface area contributed by atoms with Crippen molar-refractivity contribution in [2.45, 2.75) is 58.5 Å². The molecule has 118 valence electrons. The summed E-state index contributed by atoms with van der Waals surface area (Å²) < 4.78 is 0. The van der Waals surface area contributed by atoms with E-state index >= 15 is 0 Å². The molecule has 1 aliphatic heterocycles.